The second-order valence-electron chi connectivity index (χ2n) is 3.82. The summed E-state index contributed by atoms with van der Waals surface area (Å²) in [5, 5.41) is 3.30. The van der Waals surface area contributed by atoms with E-state index in [9.17, 15) is 0 Å². The zero-order valence-electron chi connectivity index (χ0n) is 5.92. The second-order valence-corrected chi connectivity index (χ2v) is 3.82. The molecule has 1 aliphatic heterocycles. The van der Waals surface area contributed by atoms with E-state index in [1.807, 2.05) is 0 Å². The van der Waals surface area contributed by atoms with Gasteiger partial charge in [-0.1, -0.05) is 0 Å². The molecule has 10 heavy (non-hydrogen) atoms. The van der Waals surface area contributed by atoms with Gasteiger partial charge in [0.15, 0.2) is 0 Å². The first-order chi connectivity index (χ1) is 4.93. The Morgan fingerprint density at radius 1 is 1.30 bits per heavy atom. The molecule has 3 aliphatic carbocycles. The minimum atomic E-state index is 0.525. The first-order valence-electron chi connectivity index (χ1n) is 4.16. The molecule has 1 N–H and O–H groups in total. The van der Waals surface area contributed by atoms with Crippen LogP contribution in [0.4, 0.5) is 0 Å². The zero-order valence-corrected chi connectivity index (χ0v) is 5.92. The fourth-order valence-corrected chi connectivity index (χ4v) is 2.64. The van der Waals surface area contributed by atoms with Crippen molar-refractivity contribution < 1.29 is 4.65 Å². The monoisotopic (exact) mass is 136 g/mol. The molecule has 3 saturated carbocycles. The second kappa shape index (κ2) is 1.77. The predicted octanol–water partition coefficient (Wildman–Crippen LogP) is 0.307. The van der Waals surface area contributed by atoms with Crippen LogP contribution in [0.25, 0.3) is 0 Å². The van der Waals surface area contributed by atoms with Gasteiger partial charge >= 0.3 is 7.62 Å². The molecular formula is C7H11BNO. The van der Waals surface area contributed by atoms with E-state index in [0.717, 1.165) is 11.8 Å². The third-order valence-corrected chi connectivity index (χ3v) is 3.25. The molecule has 0 aromatic carbocycles. The summed E-state index contributed by atoms with van der Waals surface area (Å²) in [5.74, 6) is 1.93. The molecule has 2 bridgehead atoms. The summed E-state index contributed by atoms with van der Waals surface area (Å²) in [7, 11) is 1.79. The third kappa shape index (κ3) is 0.577. The van der Waals surface area contributed by atoms with Gasteiger partial charge in [-0.05, 0) is 31.1 Å². The zero-order chi connectivity index (χ0) is 6.55. The van der Waals surface area contributed by atoms with E-state index in [1.54, 1.807) is 7.62 Å². The van der Waals surface area contributed by atoms with Crippen molar-refractivity contribution in [1.29, 1.82) is 0 Å². The molecule has 0 aromatic heterocycles. The highest BCUT2D eigenvalue weighted by molar-refractivity contribution is 6.24. The maximum absolute atomic E-state index is 5.42. The van der Waals surface area contributed by atoms with Crippen molar-refractivity contribution in [2.75, 3.05) is 0 Å². The largest absolute Gasteiger partial charge is 0.420 e. The number of hydrogen-bond donors (Lipinski definition) is 1. The fourth-order valence-electron chi connectivity index (χ4n) is 2.64. The first kappa shape index (κ1) is 5.61. The molecule has 0 spiro atoms. The number of hydrogen-bond acceptors (Lipinski definition) is 2. The minimum absolute atomic E-state index is 0.525. The van der Waals surface area contributed by atoms with Crippen LogP contribution in [0.3, 0.4) is 0 Å². The van der Waals surface area contributed by atoms with E-state index in [0.29, 0.717) is 12.1 Å². The van der Waals surface area contributed by atoms with E-state index in [1.165, 1.54) is 19.3 Å². The molecule has 3 heteroatoms. The van der Waals surface area contributed by atoms with Crippen molar-refractivity contribution >= 4 is 7.62 Å². The molecular weight excluding hydrogens is 125 g/mol. The third-order valence-electron chi connectivity index (χ3n) is 3.25. The number of rotatable bonds is 0. The molecule has 4 fully saturated rings. The van der Waals surface area contributed by atoms with Crippen molar-refractivity contribution in [2.24, 2.45) is 11.8 Å². The van der Waals surface area contributed by atoms with Crippen LogP contribution in [-0.4, -0.2) is 19.8 Å². The molecule has 0 aromatic rings. The Balaban J connectivity index is 1.84. The van der Waals surface area contributed by atoms with Gasteiger partial charge in [0.1, 0.15) is 0 Å². The van der Waals surface area contributed by atoms with E-state index < -0.39 is 0 Å². The highest BCUT2D eigenvalue weighted by atomic mass is 16.5. The normalized spacial score (nSPS) is 56.8. The first-order valence-corrected chi connectivity index (χ1v) is 4.16. The molecule has 53 valence electrons. The average molecular weight is 136 g/mol. The van der Waals surface area contributed by atoms with Gasteiger partial charge < -0.3 is 9.88 Å². The molecule has 1 saturated heterocycles. The summed E-state index contributed by atoms with van der Waals surface area (Å²) in [6.45, 7) is 0. The summed E-state index contributed by atoms with van der Waals surface area (Å²) in [6.07, 6.45) is 4.72. The van der Waals surface area contributed by atoms with Crippen LogP contribution in [0.2, 0.25) is 0 Å². The molecule has 4 rings (SSSR count). The summed E-state index contributed by atoms with van der Waals surface area (Å²) < 4.78 is 5.42. The van der Waals surface area contributed by atoms with E-state index in [2.05, 4.69) is 5.23 Å². The average Bonchev–Trinajstić information content (AvgIpc) is 2.29. The Morgan fingerprint density at radius 2 is 2.20 bits per heavy atom. The maximum Gasteiger partial charge on any atom is 0.396 e. The van der Waals surface area contributed by atoms with Gasteiger partial charge in [0.2, 0.25) is 0 Å². The molecule has 4 aliphatic rings. The van der Waals surface area contributed by atoms with Gasteiger partial charge in [0.25, 0.3) is 0 Å². The Labute approximate surface area is 61.6 Å². The van der Waals surface area contributed by atoms with Crippen LogP contribution in [-0.2, 0) is 4.65 Å². The summed E-state index contributed by atoms with van der Waals surface area (Å²) in [6, 6.07) is 0.671. The van der Waals surface area contributed by atoms with Crippen LogP contribution < -0.4 is 5.23 Å². The molecule has 0 amide bonds. The highest BCUT2D eigenvalue weighted by Crippen LogP contribution is 2.47. The summed E-state index contributed by atoms with van der Waals surface area (Å²) >= 11 is 0. The molecule has 0 unspecified atom stereocenters. The smallest absolute Gasteiger partial charge is 0.396 e. The van der Waals surface area contributed by atoms with Gasteiger partial charge in [-0.25, -0.2) is 0 Å². The highest BCUT2D eigenvalue weighted by Gasteiger charge is 2.48. The molecule has 2 nitrogen and oxygen atoms in total. The molecule has 1 heterocycles. The topological polar surface area (TPSA) is 21.3 Å². The lowest BCUT2D eigenvalue weighted by Gasteiger charge is -2.48. The van der Waals surface area contributed by atoms with E-state index in [4.69, 9.17) is 4.65 Å². The molecule has 1 radical (unpaired) electrons. The van der Waals surface area contributed by atoms with Crippen molar-refractivity contribution in [2.45, 2.75) is 31.4 Å². The Kier molecular flexibility index (Phi) is 0.994. The quantitative estimate of drug-likeness (QED) is 0.484. The van der Waals surface area contributed by atoms with Crippen LogP contribution >= 0.6 is 0 Å². The van der Waals surface area contributed by atoms with Crippen molar-refractivity contribution in [3.05, 3.63) is 0 Å². The lowest BCUT2D eigenvalue weighted by molar-refractivity contribution is 0.00957. The lowest BCUT2D eigenvalue weighted by atomic mass is 9.62. The van der Waals surface area contributed by atoms with Gasteiger partial charge in [-0.15, -0.1) is 0 Å². The van der Waals surface area contributed by atoms with Gasteiger partial charge in [0.05, 0.1) is 6.10 Å². The Hall–Kier alpha value is -0.0151. The van der Waals surface area contributed by atoms with Gasteiger partial charge in [0, 0.05) is 6.04 Å². The van der Waals surface area contributed by atoms with Crippen molar-refractivity contribution in [3.8, 4) is 0 Å². The summed E-state index contributed by atoms with van der Waals surface area (Å²) in [5.41, 5.74) is 0. The van der Waals surface area contributed by atoms with E-state index >= 15 is 0 Å². The Morgan fingerprint density at radius 3 is 3.00 bits per heavy atom. The Bertz CT molecular complexity index is 158. The summed E-state index contributed by atoms with van der Waals surface area (Å²) in [4.78, 5) is 0. The SMILES string of the molecule is [B]1N[C@H]2C3CC(C3)C[C@H]2O1. The van der Waals surface area contributed by atoms with Gasteiger partial charge in [-0.2, -0.15) is 0 Å². The van der Waals surface area contributed by atoms with Crippen LogP contribution in [0.5, 0.6) is 0 Å². The van der Waals surface area contributed by atoms with Crippen molar-refractivity contribution in [1.82, 2.24) is 5.23 Å². The van der Waals surface area contributed by atoms with Crippen LogP contribution in [0, 0.1) is 11.8 Å². The lowest BCUT2D eigenvalue weighted by Crippen LogP contribution is -2.51. The predicted molar refractivity (Wildman–Crippen MR) is 38.4 cm³/mol. The number of nitrogens with one attached hydrogen (secondary N) is 1. The minimum Gasteiger partial charge on any atom is -0.420 e. The maximum atomic E-state index is 5.42. The van der Waals surface area contributed by atoms with Crippen LogP contribution in [0.1, 0.15) is 19.3 Å². The van der Waals surface area contributed by atoms with Crippen LogP contribution in [0.15, 0.2) is 0 Å². The standard InChI is InChI=1S/C7H11BNO/c1-4-2-5(1)7-6(3-4)10-8-9-7/h4-7,9H,1-3H2/t4?,5?,6-,7+/m1/s1. The van der Waals surface area contributed by atoms with Crippen molar-refractivity contribution in [3.63, 3.8) is 0 Å². The molecule has 2 atom stereocenters. The van der Waals surface area contributed by atoms with E-state index in [-0.39, 0.29) is 0 Å². The van der Waals surface area contributed by atoms with Gasteiger partial charge in [-0.3, -0.25) is 0 Å². The fraction of sp³-hybridized carbons (Fsp3) is 1.00.